The van der Waals surface area contributed by atoms with Crippen LogP contribution in [0, 0.1) is 23.7 Å². The van der Waals surface area contributed by atoms with Crippen molar-refractivity contribution in [2.75, 3.05) is 78.4 Å². The summed E-state index contributed by atoms with van der Waals surface area (Å²) in [6.45, 7) is 22.4. The molecular formula is C45H72ClF3N8O3. The van der Waals surface area contributed by atoms with Crippen LogP contribution in [0.1, 0.15) is 98.2 Å². The number of carbonyl (C=O) groups excluding carboxylic acids is 3. The second-order valence-corrected chi connectivity index (χ2v) is 18.0. The van der Waals surface area contributed by atoms with Crippen LogP contribution in [0.2, 0.25) is 5.02 Å². The van der Waals surface area contributed by atoms with Crippen molar-refractivity contribution in [2.45, 2.75) is 112 Å². The highest BCUT2D eigenvalue weighted by molar-refractivity contribution is 6.30. The van der Waals surface area contributed by atoms with E-state index in [1.54, 1.807) is 16.8 Å². The highest BCUT2D eigenvalue weighted by Crippen LogP contribution is 2.30. The minimum absolute atomic E-state index is 0.0609. The zero-order valence-electron chi connectivity index (χ0n) is 37.8. The number of anilines is 1. The van der Waals surface area contributed by atoms with E-state index in [1.807, 2.05) is 83.6 Å². The van der Waals surface area contributed by atoms with E-state index < -0.39 is 11.9 Å². The van der Waals surface area contributed by atoms with Crippen molar-refractivity contribution in [3.8, 4) is 0 Å². The Morgan fingerprint density at radius 1 is 0.733 bits per heavy atom. The number of halogens is 4. The van der Waals surface area contributed by atoms with Gasteiger partial charge in [0.2, 0.25) is 17.7 Å². The number of alkyl halides is 3. The van der Waals surface area contributed by atoms with Crippen LogP contribution < -0.4 is 4.90 Å². The normalized spacial score (nSPS) is 17.5. The maximum absolute atomic E-state index is 12.7. The van der Waals surface area contributed by atoms with Crippen LogP contribution in [-0.4, -0.2) is 138 Å². The Balaban J connectivity index is 0.000000244. The molecule has 2 aromatic rings. The van der Waals surface area contributed by atoms with E-state index in [0.29, 0.717) is 37.9 Å². The smallest absolute Gasteiger partial charge is 0.356 e. The second-order valence-electron chi connectivity index (χ2n) is 17.6. The molecule has 338 valence electrons. The number of hydrogen-bond donors (Lipinski definition) is 0. The van der Waals surface area contributed by atoms with Crippen LogP contribution in [0.4, 0.5) is 19.0 Å². The molecule has 3 aliphatic rings. The van der Waals surface area contributed by atoms with Gasteiger partial charge >= 0.3 is 6.18 Å². The van der Waals surface area contributed by atoms with E-state index in [1.165, 1.54) is 31.5 Å². The van der Waals surface area contributed by atoms with Gasteiger partial charge in [-0.05, 0) is 81.8 Å². The maximum atomic E-state index is 12.7. The quantitative estimate of drug-likeness (QED) is 0.226. The molecule has 0 N–H and O–H groups in total. The monoisotopic (exact) mass is 865 g/mol. The average molecular weight is 866 g/mol. The summed E-state index contributed by atoms with van der Waals surface area (Å²) in [6.07, 6.45) is 2.47. The van der Waals surface area contributed by atoms with Gasteiger partial charge in [0, 0.05) is 101 Å². The van der Waals surface area contributed by atoms with E-state index in [0.717, 1.165) is 63.0 Å². The number of carbonyl (C=O) groups is 3. The third kappa shape index (κ3) is 16.1. The molecule has 3 aliphatic heterocycles. The molecule has 60 heavy (non-hydrogen) atoms. The largest absolute Gasteiger partial charge is 0.433 e. The molecule has 15 heteroatoms. The average Bonchev–Trinajstić information content (AvgIpc) is 3.23. The van der Waals surface area contributed by atoms with Gasteiger partial charge in [-0.15, -0.1) is 0 Å². The highest BCUT2D eigenvalue weighted by atomic mass is 35.5. The number of aromatic nitrogens is 2. The van der Waals surface area contributed by atoms with Gasteiger partial charge in [-0.1, -0.05) is 72.2 Å². The van der Waals surface area contributed by atoms with E-state index in [2.05, 4.69) is 32.8 Å². The zero-order chi connectivity index (χ0) is 44.7. The van der Waals surface area contributed by atoms with Crippen molar-refractivity contribution in [2.24, 2.45) is 23.7 Å². The van der Waals surface area contributed by atoms with Crippen LogP contribution in [0.15, 0.2) is 36.7 Å². The minimum atomic E-state index is -4.47. The standard InChI is InChI=1S/C17H25ClN2O.C15H21F3N4O.C13H26N2O/c1-13(2)17(21)19(3)16-7-9-20(10-8-16)12-14-5-4-6-15(18)11-14;1-10(2)14(23)21(3)11-4-6-22(7-5-11)13-8-12(15(16,17)18)19-9-20-13;1-5-15-8-6-12(7-9-15)10-14(4)13(16)11(2)3/h4-6,11,13,16H,7-10,12H2,1-3H3;8-11H,4-7H2,1-3H3;11-12H,5-10H2,1-4H3. The Hall–Kier alpha value is -3.49. The number of rotatable bonds is 11. The summed E-state index contributed by atoms with van der Waals surface area (Å²) in [5.41, 5.74) is 0.323. The van der Waals surface area contributed by atoms with Crippen molar-refractivity contribution in [3.05, 3.63) is 52.9 Å². The molecule has 0 bridgehead atoms. The van der Waals surface area contributed by atoms with Crippen molar-refractivity contribution in [1.29, 1.82) is 0 Å². The summed E-state index contributed by atoms with van der Waals surface area (Å²) in [5.74, 6) is 1.75. The Morgan fingerprint density at radius 2 is 1.23 bits per heavy atom. The lowest BCUT2D eigenvalue weighted by molar-refractivity contribution is -0.141. The molecule has 1 aromatic heterocycles. The van der Waals surface area contributed by atoms with Gasteiger partial charge in [0.1, 0.15) is 17.8 Å². The molecule has 0 aliphatic carbocycles. The lowest BCUT2D eigenvalue weighted by atomic mass is 9.96. The van der Waals surface area contributed by atoms with Crippen molar-refractivity contribution >= 4 is 35.1 Å². The topological polar surface area (TPSA) is 96.4 Å². The van der Waals surface area contributed by atoms with Crippen LogP contribution in [0.25, 0.3) is 0 Å². The van der Waals surface area contributed by atoms with Gasteiger partial charge in [-0.2, -0.15) is 13.2 Å². The number of hydrogen-bond acceptors (Lipinski definition) is 8. The first-order chi connectivity index (χ1) is 28.2. The summed E-state index contributed by atoms with van der Waals surface area (Å²) in [6, 6.07) is 9.53. The van der Waals surface area contributed by atoms with Gasteiger partial charge in [0.05, 0.1) is 0 Å². The fourth-order valence-corrected chi connectivity index (χ4v) is 8.31. The molecule has 3 amide bonds. The molecule has 0 unspecified atom stereocenters. The first-order valence-corrected chi connectivity index (χ1v) is 22.2. The van der Waals surface area contributed by atoms with E-state index >= 15 is 0 Å². The molecule has 0 atom stereocenters. The molecule has 11 nitrogen and oxygen atoms in total. The summed E-state index contributed by atoms with van der Waals surface area (Å²) >= 11 is 6.03. The summed E-state index contributed by atoms with van der Waals surface area (Å²) < 4.78 is 38.1. The van der Waals surface area contributed by atoms with E-state index in [4.69, 9.17) is 11.6 Å². The molecular weight excluding hydrogens is 793 g/mol. The number of benzene rings is 1. The number of piperidine rings is 3. The van der Waals surface area contributed by atoms with Gasteiger partial charge in [0.25, 0.3) is 0 Å². The lowest BCUT2D eigenvalue weighted by Crippen LogP contribution is -2.47. The van der Waals surface area contributed by atoms with Gasteiger partial charge in [0.15, 0.2) is 0 Å². The van der Waals surface area contributed by atoms with E-state index in [9.17, 15) is 27.6 Å². The van der Waals surface area contributed by atoms with Gasteiger partial charge in [-0.25, -0.2) is 9.97 Å². The Labute approximate surface area is 363 Å². The summed E-state index contributed by atoms with van der Waals surface area (Å²) in [7, 11) is 5.67. The number of likely N-dealkylation sites (tertiary alicyclic amines) is 2. The van der Waals surface area contributed by atoms with E-state index in [-0.39, 0.29) is 47.3 Å². The Morgan fingerprint density at radius 3 is 1.70 bits per heavy atom. The molecule has 4 heterocycles. The fraction of sp³-hybridized carbons (Fsp3) is 0.711. The SMILES string of the molecule is CC(C)C(=O)N(C)C1CCN(Cc2cccc(Cl)c2)CC1.CC(C)C(=O)N(C)C1CCN(c2cc(C(F)(F)F)ncn2)CC1.CCN1CCC(CN(C)C(=O)C(C)C)CC1. The minimum Gasteiger partial charge on any atom is -0.356 e. The molecule has 0 radical (unpaired) electrons. The van der Waals surface area contributed by atoms with Crippen LogP contribution in [0.3, 0.4) is 0 Å². The first-order valence-electron chi connectivity index (χ1n) is 21.8. The zero-order valence-corrected chi connectivity index (χ0v) is 38.6. The number of nitrogens with zero attached hydrogens (tertiary/aromatic N) is 8. The van der Waals surface area contributed by atoms with Crippen LogP contribution in [-0.2, 0) is 27.1 Å². The highest BCUT2D eigenvalue weighted by Gasteiger charge is 2.34. The molecule has 3 fully saturated rings. The first kappa shape index (κ1) is 50.9. The summed E-state index contributed by atoms with van der Waals surface area (Å²) in [5, 5.41) is 0.796. The predicted octanol–water partition coefficient (Wildman–Crippen LogP) is 7.83. The molecule has 0 spiro atoms. The molecule has 5 rings (SSSR count). The van der Waals surface area contributed by atoms with Gasteiger partial charge < -0.3 is 24.5 Å². The second kappa shape index (κ2) is 24.2. The maximum Gasteiger partial charge on any atom is 0.433 e. The number of amides is 3. The van der Waals surface area contributed by atoms with Crippen molar-refractivity contribution in [1.82, 2.24) is 34.5 Å². The van der Waals surface area contributed by atoms with Crippen molar-refractivity contribution in [3.63, 3.8) is 0 Å². The fourth-order valence-electron chi connectivity index (χ4n) is 8.09. The third-order valence-electron chi connectivity index (χ3n) is 11.9. The predicted molar refractivity (Wildman–Crippen MR) is 235 cm³/mol. The van der Waals surface area contributed by atoms with Crippen LogP contribution >= 0.6 is 11.6 Å². The Kier molecular flexibility index (Phi) is 20.5. The van der Waals surface area contributed by atoms with Crippen LogP contribution in [0.5, 0.6) is 0 Å². The third-order valence-corrected chi connectivity index (χ3v) is 12.2. The Bertz CT molecular complexity index is 1620. The van der Waals surface area contributed by atoms with Gasteiger partial charge in [-0.3, -0.25) is 19.3 Å². The molecule has 0 saturated carbocycles. The van der Waals surface area contributed by atoms with Crippen molar-refractivity contribution < 1.29 is 27.6 Å². The molecule has 3 saturated heterocycles. The molecule has 1 aromatic carbocycles. The lowest BCUT2D eigenvalue weighted by Gasteiger charge is -2.38. The summed E-state index contributed by atoms with van der Waals surface area (Å²) in [4.78, 5) is 55.4.